The highest BCUT2D eigenvalue weighted by Crippen LogP contribution is 2.30. The number of nitrogens with one attached hydrogen (secondary N) is 1. The molecule has 0 radical (unpaired) electrons. The van der Waals surface area contributed by atoms with Crippen molar-refractivity contribution < 1.29 is 18.7 Å². The van der Waals surface area contributed by atoms with Crippen molar-refractivity contribution in [2.45, 2.75) is 58.5 Å². The van der Waals surface area contributed by atoms with Crippen LogP contribution in [0.3, 0.4) is 0 Å². The minimum absolute atomic E-state index is 0.0720. The second-order valence-corrected chi connectivity index (χ2v) is 7.85. The van der Waals surface area contributed by atoms with Crippen molar-refractivity contribution in [3.8, 4) is 11.5 Å². The van der Waals surface area contributed by atoms with Gasteiger partial charge < -0.3 is 19.2 Å². The first kappa shape index (κ1) is 23.4. The number of aryl methyl sites for hydroxylation is 1. The number of hydrogen-bond acceptors (Lipinski definition) is 5. The Bertz CT molecular complexity index is 1090. The molecule has 0 aliphatic carbocycles. The van der Waals surface area contributed by atoms with Gasteiger partial charge in [-0.05, 0) is 49.6 Å². The van der Waals surface area contributed by atoms with E-state index in [0.29, 0.717) is 43.1 Å². The van der Waals surface area contributed by atoms with Crippen molar-refractivity contribution in [1.29, 1.82) is 0 Å². The maximum Gasteiger partial charge on any atom is 0.419 e. The first-order valence-electron chi connectivity index (χ1n) is 11.2. The summed E-state index contributed by atoms with van der Waals surface area (Å²) >= 11 is 0. The minimum Gasteiger partial charge on any atom is -0.493 e. The SMILES string of the molecule is CCCCCOc1ccc(C(C)NC(=O)CCCn2c(=O)oc3ccccc32)cc1OC. The van der Waals surface area contributed by atoms with Crippen LogP contribution in [0, 0.1) is 0 Å². The zero-order valence-electron chi connectivity index (χ0n) is 19.1. The van der Waals surface area contributed by atoms with E-state index in [1.807, 2.05) is 43.3 Å². The van der Waals surface area contributed by atoms with Crippen LogP contribution in [0.2, 0.25) is 0 Å². The maximum atomic E-state index is 12.5. The normalized spacial score (nSPS) is 12.0. The van der Waals surface area contributed by atoms with Crippen LogP contribution in [-0.2, 0) is 11.3 Å². The lowest BCUT2D eigenvalue weighted by molar-refractivity contribution is -0.121. The van der Waals surface area contributed by atoms with Crippen LogP contribution in [0.25, 0.3) is 11.1 Å². The van der Waals surface area contributed by atoms with Crippen molar-refractivity contribution in [2.24, 2.45) is 0 Å². The van der Waals surface area contributed by atoms with Crippen LogP contribution in [0.1, 0.15) is 57.6 Å². The number of aromatic nitrogens is 1. The predicted octanol–water partition coefficient (Wildman–Crippen LogP) is 4.83. The average Bonchev–Trinajstić information content (AvgIpc) is 3.11. The molecule has 32 heavy (non-hydrogen) atoms. The molecular formula is C25H32N2O5. The summed E-state index contributed by atoms with van der Waals surface area (Å²) in [6.07, 6.45) is 4.14. The van der Waals surface area contributed by atoms with Gasteiger partial charge in [0.2, 0.25) is 5.91 Å². The Morgan fingerprint density at radius 2 is 1.94 bits per heavy atom. The van der Waals surface area contributed by atoms with Gasteiger partial charge >= 0.3 is 5.76 Å². The average molecular weight is 441 g/mol. The quantitative estimate of drug-likeness (QED) is 0.408. The van der Waals surface area contributed by atoms with E-state index >= 15 is 0 Å². The summed E-state index contributed by atoms with van der Waals surface area (Å²) in [7, 11) is 1.61. The lowest BCUT2D eigenvalue weighted by atomic mass is 10.1. The lowest BCUT2D eigenvalue weighted by Crippen LogP contribution is -2.27. The number of amides is 1. The number of carbonyl (C=O) groups is 1. The molecule has 2 aromatic carbocycles. The second-order valence-electron chi connectivity index (χ2n) is 7.85. The van der Waals surface area contributed by atoms with Crippen molar-refractivity contribution in [1.82, 2.24) is 9.88 Å². The van der Waals surface area contributed by atoms with E-state index in [4.69, 9.17) is 13.9 Å². The number of ether oxygens (including phenoxy) is 2. The highest BCUT2D eigenvalue weighted by atomic mass is 16.5. The third kappa shape index (κ3) is 5.93. The molecule has 7 heteroatoms. The molecule has 1 atom stereocenters. The summed E-state index contributed by atoms with van der Waals surface area (Å²) in [5.41, 5.74) is 2.24. The van der Waals surface area contributed by atoms with Crippen LogP contribution in [0.4, 0.5) is 0 Å². The van der Waals surface area contributed by atoms with Crippen molar-refractivity contribution >= 4 is 17.0 Å². The van der Waals surface area contributed by atoms with Crippen LogP contribution in [-0.4, -0.2) is 24.2 Å². The van der Waals surface area contributed by atoms with Crippen LogP contribution in [0.15, 0.2) is 51.7 Å². The van der Waals surface area contributed by atoms with Crippen molar-refractivity contribution in [2.75, 3.05) is 13.7 Å². The number of fused-ring (bicyclic) bond motifs is 1. The van der Waals surface area contributed by atoms with E-state index in [-0.39, 0.29) is 11.9 Å². The van der Waals surface area contributed by atoms with Gasteiger partial charge in [0, 0.05) is 13.0 Å². The van der Waals surface area contributed by atoms with Gasteiger partial charge in [0.05, 0.1) is 25.3 Å². The Kier molecular flexibility index (Phi) is 8.36. The molecular weight excluding hydrogens is 408 g/mol. The fourth-order valence-corrected chi connectivity index (χ4v) is 3.63. The minimum atomic E-state index is -0.399. The van der Waals surface area contributed by atoms with Gasteiger partial charge in [0.15, 0.2) is 17.1 Å². The Morgan fingerprint density at radius 1 is 1.12 bits per heavy atom. The number of unbranched alkanes of at least 4 members (excludes halogenated alkanes) is 2. The summed E-state index contributed by atoms with van der Waals surface area (Å²) in [4.78, 5) is 24.5. The van der Waals surface area contributed by atoms with Crippen molar-refractivity contribution in [3.05, 3.63) is 58.6 Å². The van der Waals surface area contributed by atoms with E-state index in [1.165, 1.54) is 0 Å². The summed E-state index contributed by atoms with van der Waals surface area (Å²) in [5, 5.41) is 3.01. The van der Waals surface area contributed by atoms with E-state index < -0.39 is 5.76 Å². The molecule has 1 N–H and O–H groups in total. The molecule has 0 bridgehead atoms. The van der Waals surface area contributed by atoms with E-state index in [2.05, 4.69) is 12.2 Å². The Morgan fingerprint density at radius 3 is 2.72 bits per heavy atom. The van der Waals surface area contributed by atoms with Gasteiger partial charge in [0.25, 0.3) is 0 Å². The molecule has 3 rings (SSSR count). The van der Waals surface area contributed by atoms with Gasteiger partial charge in [0.1, 0.15) is 0 Å². The first-order chi connectivity index (χ1) is 15.5. The zero-order chi connectivity index (χ0) is 22.9. The number of methoxy groups -OCH3 is 1. The number of carbonyl (C=O) groups excluding carboxylic acids is 1. The number of hydrogen-bond donors (Lipinski definition) is 1. The fourth-order valence-electron chi connectivity index (χ4n) is 3.63. The van der Waals surface area contributed by atoms with E-state index in [0.717, 1.165) is 30.3 Å². The number of oxazole rings is 1. The molecule has 1 amide bonds. The molecule has 1 heterocycles. The largest absolute Gasteiger partial charge is 0.493 e. The summed E-state index contributed by atoms with van der Waals surface area (Å²) in [6, 6.07) is 12.8. The summed E-state index contributed by atoms with van der Waals surface area (Å²) < 4.78 is 18.1. The molecule has 7 nitrogen and oxygen atoms in total. The zero-order valence-corrected chi connectivity index (χ0v) is 19.1. The Balaban J connectivity index is 1.52. The first-order valence-corrected chi connectivity index (χ1v) is 11.2. The van der Waals surface area contributed by atoms with E-state index in [9.17, 15) is 9.59 Å². The highest BCUT2D eigenvalue weighted by molar-refractivity contribution is 5.76. The second kappa shape index (κ2) is 11.4. The molecule has 1 unspecified atom stereocenters. The Hall–Kier alpha value is -3.22. The lowest BCUT2D eigenvalue weighted by Gasteiger charge is -2.17. The molecule has 0 saturated heterocycles. The fraction of sp³-hybridized carbons (Fsp3) is 0.440. The Labute approximate surface area is 188 Å². The topological polar surface area (TPSA) is 82.7 Å². The smallest absolute Gasteiger partial charge is 0.419 e. The summed E-state index contributed by atoms with van der Waals surface area (Å²) in [6.45, 7) is 5.17. The highest BCUT2D eigenvalue weighted by Gasteiger charge is 2.14. The molecule has 0 spiro atoms. The molecule has 0 aliphatic rings. The molecule has 0 aliphatic heterocycles. The van der Waals surface area contributed by atoms with E-state index in [1.54, 1.807) is 17.7 Å². The van der Waals surface area contributed by atoms with Crippen LogP contribution < -0.4 is 20.5 Å². The molecule has 0 fully saturated rings. The third-order valence-corrected chi connectivity index (χ3v) is 5.43. The van der Waals surface area contributed by atoms with Crippen LogP contribution >= 0.6 is 0 Å². The van der Waals surface area contributed by atoms with Gasteiger partial charge in [-0.2, -0.15) is 0 Å². The molecule has 0 saturated carbocycles. The van der Waals surface area contributed by atoms with Gasteiger partial charge in [-0.25, -0.2) is 4.79 Å². The summed E-state index contributed by atoms with van der Waals surface area (Å²) in [5.74, 6) is 0.899. The number of nitrogens with zero attached hydrogens (tertiary/aromatic N) is 1. The standard InChI is InChI=1S/C25H32N2O5/c1-4-5-8-16-31-22-14-13-19(17-23(22)30-3)18(2)26-24(28)12-9-15-27-20-10-6-7-11-21(20)32-25(27)29/h6-7,10-11,13-14,17-18H,4-5,8-9,12,15-16H2,1-3H3,(H,26,28). The molecule has 3 aromatic rings. The number of rotatable bonds is 12. The van der Waals surface area contributed by atoms with Gasteiger partial charge in [-0.3, -0.25) is 9.36 Å². The monoisotopic (exact) mass is 440 g/mol. The molecule has 172 valence electrons. The maximum absolute atomic E-state index is 12.5. The number of benzene rings is 2. The predicted molar refractivity (Wildman–Crippen MR) is 124 cm³/mol. The molecule has 1 aromatic heterocycles. The van der Waals surface area contributed by atoms with Crippen molar-refractivity contribution in [3.63, 3.8) is 0 Å². The third-order valence-electron chi connectivity index (χ3n) is 5.43. The number of para-hydroxylation sites is 2. The van der Waals surface area contributed by atoms with Gasteiger partial charge in [-0.1, -0.05) is 38.0 Å². The van der Waals surface area contributed by atoms with Crippen LogP contribution in [0.5, 0.6) is 11.5 Å². The van der Waals surface area contributed by atoms with Gasteiger partial charge in [-0.15, -0.1) is 0 Å².